The van der Waals surface area contributed by atoms with Crippen LogP contribution in [-0.2, 0) is 10.2 Å². The molecule has 0 atom stereocenters. The van der Waals surface area contributed by atoms with Gasteiger partial charge < -0.3 is 5.32 Å². The van der Waals surface area contributed by atoms with Gasteiger partial charge in [0.2, 0.25) is 5.91 Å². The van der Waals surface area contributed by atoms with Crippen molar-refractivity contribution in [2.24, 2.45) is 0 Å². The van der Waals surface area contributed by atoms with Crippen molar-refractivity contribution < 1.29 is 14.4 Å². The topological polar surface area (TPSA) is 87.3 Å². The number of carbonyl (C=O) groups excluding carboxylic acids is 3. The Labute approximate surface area is 165 Å². The van der Waals surface area contributed by atoms with Crippen LogP contribution in [0.3, 0.4) is 0 Å². The van der Waals surface area contributed by atoms with Crippen LogP contribution in [0.15, 0.2) is 48.5 Å². The number of rotatable bonds is 5. The van der Waals surface area contributed by atoms with Crippen LogP contribution in [0.4, 0.5) is 0 Å². The van der Waals surface area contributed by atoms with E-state index in [1.165, 1.54) is 0 Å². The summed E-state index contributed by atoms with van der Waals surface area (Å²) >= 11 is 0. The first-order valence-corrected chi connectivity index (χ1v) is 9.21. The van der Waals surface area contributed by atoms with E-state index in [9.17, 15) is 14.4 Å². The third kappa shape index (κ3) is 6.23. The Hall–Kier alpha value is -3.15. The number of carbonyl (C=O) groups is 3. The van der Waals surface area contributed by atoms with Gasteiger partial charge in [-0.1, -0.05) is 50.6 Å². The fourth-order valence-corrected chi connectivity index (χ4v) is 2.48. The largest absolute Gasteiger partial charge is 0.352 e. The molecule has 0 radical (unpaired) electrons. The van der Waals surface area contributed by atoms with Crippen molar-refractivity contribution in [2.75, 3.05) is 6.54 Å². The molecule has 28 heavy (non-hydrogen) atoms. The monoisotopic (exact) mass is 381 g/mol. The van der Waals surface area contributed by atoms with E-state index in [-0.39, 0.29) is 30.2 Å². The Morgan fingerprint density at radius 2 is 1.32 bits per heavy atom. The van der Waals surface area contributed by atoms with E-state index in [0.717, 1.165) is 11.1 Å². The van der Waals surface area contributed by atoms with Gasteiger partial charge in [-0.15, -0.1) is 0 Å². The van der Waals surface area contributed by atoms with Gasteiger partial charge in [0.25, 0.3) is 11.8 Å². The van der Waals surface area contributed by atoms with Crippen LogP contribution in [-0.4, -0.2) is 24.3 Å². The van der Waals surface area contributed by atoms with Gasteiger partial charge in [0, 0.05) is 24.1 Å². The van der Waals surface area contributed by atoms with Crippen LogP contribution in [0.25, 0.3) is 0 Å². The highest BCUT2D eigenvalue weighted by molar-refractivity contribution is 5.96. The molecule has 2 aromatic rings. The zero-order valence-electron chi connectivity index (χ0n) is 16.8. The number of hydrogen-bond acceptors (Lipinski definition) is 3. The van der Waals surface area contributed by atoms with Crippen molar-refractivity contribution >= 4 is 17.7 Å². The van der Waals surface area contributed by atoms with Gasteiger partial charge in [-0.2, -0.15) is 0 Å². The molecule has 0 aliphatic heterocycles. The molecule has 0 saturated carbocycles. The Bertz CT molecular complexity index is 835. The molecule has 2 rings (SSSR count). The summed E-state index contributed by atoms with van der Waals surface area (Å²) in [4.78, 5) is 35.9. The molecular weight excluding hydrogens is 354 g/mol. The Morgan fingerprint density at radius 1 is 0.786 bits per heavy atom. The lowest BCUT2D eigenvalue weighted by Gasteiger charge is -2.19. The first kappa shape index (κ1) is 21.2. The summed E-state index contributed by atoms with van der Waals surface area (Å²) in [5, 5.41) is 2.70. The standard InChI is InChI=1S/C22H27N3O3/c1-15-5-7-17(8-6-15)21(28)25-24-19(26)13-14-23-20(27)16-9-11-18(12-10-16)22(2,3)4/h5-12H,13-14H2,1-4H3,(H,23,27)(H,24,26)(H,25,28). The van der Waals surface area contributed by atoms with E-state index >= 15 is 0 Å². The second-order valence-corrected chi connectivity index (χ2v) is 7.70. The minimum atomic E-state index is -0.392. The first-order chi connectivity index (χ1) is 13.2. The smallest absolute Gasteiger partial charge is 0.269 e. The van der Waals surface area contributed by atoms with Crippen LogP contribution in [0, 0.1) is 6.92 Å². The summed E-state index contributed by atoms with van der Waals surface area (Å²) < 4.78 is 0. The molecule has 148 valence electrons. The van der Waals surface area contributed by atoms with Crippen molar-refractivity contribution in [1.82, 2.24) is 16.2 Å². The second-order valence-electron chi connectivity index (χ2n) is 7.70. The molecular formula is C22H27N3O3. The van der Waals surface area contributed by atoms with Gasteiger partial charge in [-0.25, -0.2) is 0 Å². The summed E-state index contributed by atoms with van der Waals surface area (Å²) in [6, 6.07) is 14.4. The normalized spacial score (nSPS) is 10.9. The van der Waals surface area contributed by atoms with Gasteiger partial charge in [-0.3, -0.25) is 25.2 Å². The van der Waals surface area contributed by atoms with Crippen molar-refractivity contribution in [3.05, 3.63) is 70.8 Å². The van der Waals surface area contributed by atoms with Gasteiger partial charge in [0.05, 0.1) is 0 Å². The SMILES string of the molecule is Cc1ccc(C(=O)NNC(=O)CCNC(=O)c2ccc(C(C)(C)C)cc2)cc1. The summed E-state index contributed by atoms with van der Waals surface area (Å²) in [6.07, 6.45) is 0.0555. The second kappa shape index (κ2) is 9.17. The zero-order valence-corrected chi connectivity index (χ0v) is 16.8. The van der Waals surface area contributed by atoms with E-state index < -0.39 is 5.91 Å². The number of benzene rings is 2. The lowest BCUT2D eigenvalue weighted by Crippen LogP contribution is -2.42. The maximum atomic E-state index is 12.2. The predicted molar refractivity (Wildman–Crippen MR) is 109 cm³/mol. The van der Waals surface area contributed by atoms with Crippen LogP contribution in [0.2, 0.25) is 0 Å². The molecule has 0 unspecified atom stereocenters. The summed E-state index contributed by atoms with van der Waals surface area (Å²) in [6.45, 7) is 8.43. The molecule has 0 heterocycles. The minimum Gasteiger partial charge on any atom is -0.352 e. The van der Waals surface area contributed by atoms with Crippen LogP contribution in [0.1, 0.15) is 59.0 Å². The quantitative estimate of drug-likeness (QED) is 0.696. The van der Waals surface area contributed by atoms with Gasteiger partial charge in [0.15, 0.2) is 0 Å². The van der Waals surface area contributed by atoms with Crippen molar-refractivity contribution in [3.8, 4) is 0 Å². The average Bonchev–Trinajstić information content (AvgIpc) is 2.66. The van der Waals surface area contributed by atoms with E-state index in [4.69, 9.17) is 0 Å². The summed E-state index contributed by atoms with van der Waals surface area (Å²) in [5.41, 5.74) is 7.92. The molecule has 3 N–H and O–H groups in total. The van der Waals surface area contributed by atoms with Gasteiger partial charge in [-0.05, 0) is 42.2 Å². The highest BCUT2D eigenvalue weighted by Gasteiger charge is 2.14. The van der Waals surface area contributed by atoms with Crippen LogP contribution in [0.5, 0.6) is 0 Å². The molecule has 2 aromatic carbocycles. The third-order valence-corrected chi connectivity index (χ3v) is 4.28. The average molecular weight is 381 g/mol. The molecule has 0 bridgehead atoms. The Balaban J connectivity index is 1.73. The fourth-order valence-electron chi connectivity index (χ4n) is 2.48. The molecule has 0 aromatic heterocycles. The third-order valence-electron chi connectivity index (χ3n) is 4.28. The Morgan fingerprint density at radius 3 is 1.89 bits per heavy atom. The number of aryl methyl sites for hydroxylation is 1. The lowest BCUT2D eigenvalue weighted by atomic mass is 9.87. The molecule has 0 saturated heterocycles. The van der Waals surface area contributed by atoms with Crippen molar-refractivity contribution in [3.63, 3.8) is 0 Å². The Kier molecular flexibility index (Phi) is 6.93. The highest BCUT2D eigenvalue weighted by Crippen LogP contribution is 2.22. The molecule has 0 aliphatic carbocycles. The molecule has 3 amide bonds. The lowest BCUT2D eigenvalue weighted by molar-refractivity contribution is -0.121. The van der Waals surface area contributed by atoms with E-state index in [2.05, 4.69) is 36.9 Å². The van der Waals surface area contributed by atoms with Crippen molar-refractivity contribution in [2.45, 2.75) is 39.5 Å². The highest BCUT2D eigenvalue weighted by atomic mass is 16.2. The minimum absolute atomic E-state index is 0.0239. The van der Waals surface area contributed by atoms with Crippen LogP contribution >= 0.6 is 0 Å². The molecule has 6 nitrogen and oxygen atoms in total. The summed E-state index contributed by atoms with van der Waals surface area (Å²) in [7, 11) is 0. The van der Waals surface area contributed by atoms with E-state index in [1.54, 1.807) is 24.3 Å². The number of nitrogens with one attached hydrogen (secondary N) is 3. The molecule has 0 spiro atoms. The van der Waals surface area contributed by atoms with Gasteiger partial charge in [0.1, 0.15) is 0 Å². The zero-order chi connectivity index (χ0) is 20.7. The molecule has 0 fully saturated rings. The van der Waals surface area contributed by atoms with Crippen LogP contribution < -0.4 is 16.2 Å². The number of amides is 3. The summed E-state index contributed by atoms with van der Waals surface area (Å²) in [5.74, 6) is -1.02. The van der Waals surface area contributed by atoms with E-state index in [0.29, 0.717) is 11.1 Å². The predicted octanol–water partition coefficient (Wildman–Crippen LogP) is 2.87. The first-order valence-electron chi connectivity index (χ1n) is 9.21. The fraction of sp³-hybridized carbons (Fsp3) is 0.318. The maximum absolute atomic E-state index is 12.2. The van der Waals surface area contributed by atoms with Gasteiger partial charge >= 0.3 is 0 Å². The number of hydrazine groups is 1. The van der Waals surface area contributed by atoms with Crippen molar-refractivity contribution in [1.29, 1.82) is 0 Å². The van der Waals surface area contributed by atoms with E-state index in [1.807, 2.05) is 31.2 Å². The number of hydrogen-bond donors (Lipinski definition) is 3. The molecule has 0 aliphatic rings. The molecule has 6 heteroatoms. The maximum Gasteiger partial charge on any atom is 0.269 e.